The Kier molecular flexibility index (Phi) is 3.59. The fraction of sp³-hybridized carbons (Fsp3) is 0.250. The van der Waals surface area contributed by atoms with Crippen molar-refractivity contribution in [2.45, 2.75) is 12.5 Å². The van der Waals surface area contributed by atoms with Crippen LogP contribution in [-0.4, -0.2) is 13.7 Å². The van der Waals surface area contributed by atoms with E-state index in [4.69, 9.17) is 4.74 Å². The number of para-hydroxylation sites is 1. The molecule has 1 atom stereocenters. The summed E-state index contributed by atoms with van der Waals surface area (Å²) in [5.74, 6) is -3.11. The van der Waals surface area contributed by atoms with Gasteiger partial charge in [-0.15, -0.1) is 0 Å². The first-order valence-electron chi connectivity index (χ1n) is 6.68. The molecular weight excluding hydrogens is 279 g/mol. The standard InChI is InChI=1S/C16H14F3NO/c1-20-15(10-7-12(17)14(19)13(18)8-10)11-4-2-3-9-5-6-21-16(9)11/h2-4,7-8,15,20H,5-6H2,1H3. The Morgan fingerprint density at radius 2 is 1.86 bits per heavy atom. The zero-order chi connectivity index (χ0) is 15.0. The predicted molar refractivity (Wildman–Crippen MR) is 72.9 cm³/mol. The third-order valence-corrected chi connectivity index (χ3v) is 3.68. The highest BCUT2D eigenvalue weighted by Gasteiger charge is 2.24. The quantitative estimate of drug-likeness (QED) is 0.876. The highest BCUT2D eigenvalue weighted by atomic mass is 19.2. The second kappa shape index (κ2) is 5.41. The predicted octanol–water partition coefficient (Wildman–Crippen LogP) is 3.35. The number of ether oxygens (including phenoxy) is 1. The molecule has 0 aromatic heterocycles. The average molecular weight is 293 g/mol. The van der Waals surface area contributed by atoms with Gasteiger partial charge >= 0.3 is 0 Å². The maximum atomic E-state index is 13.5. The minimum Gasteiger partial charge on any atom is -0.493 e. The van der Waals surface area contributed by atoms with Crippen LogP contribution in [0.4, 0.5) is 13.2 Å². The van der Waals surface area contributed by atoms with Crippen molar-refractivity contribution in [1.29, 1.82) is 0 Å². The van der Waals surface area contributed by atoms with E-state index < -0.39 is 23.5 Å². The van der Waals surface area contributed by atoms with Crippen LogP contribution in [-0.2, 0) is 6.42 Å². The summed E-state index contributed by atoms with van der Waals surface area (Å²) >= 11 is 0. The van der Waals surface area contributed by atoms with Gasteiger partial charge in [0.25, 0.3) is 0 Å². The SMILES string of the molecule is CNC(c1cc(F)c(F)c(F)c1)c1cccc2c1OCC2. The van der Waals surface area contributed by atoms with Crippen molar-refractivity contribution in [3.8, 4) is 5.75 Å². The van der Waals surface area contributed by atoms with Gasteiger partial charge in [-0.25, -0.2) is 13.2 Å². The third kappa shape index (κ3) is 2.38. The summed E-state index contributed by atoms with van der Waals surface area (Å²) in [7, 11) is 1.68. The Morgan fingerprint density at radius 3 is 2.52 bits per heavy atom. The lowest BCUT2D eigenvalue weighted by molar-refractivity contribution is 0.351. The van der Waals surface area contributed by atoms with Crippen molar-refractivity contribution in [3.63, 3.8) is 0 Å². The Morgan fingerprint density at radius 1 is 1.14 bits per heavy atom. The van der Waals surface area contributed by atoms with E-state index in [1.54, 1.807) is 7.05 Å². The molecule has 2 nitrogen and oxygen atoms in total. The number of fused-ring (bicyclic) bond motifs is 1. The molecule has 0 spiro atoms. The first-order chi connectivity index (χ1) is 10.1. The van der Waals surface area contributed by atoms with Crippen LogP contribution in [0.5, 0.6) is 5.75 Å². The Balaban J connectivity index is 2.09. The fourth-order valence-electron chi connectivity index (χ4n) is 2.71. The van der Waals surface area contributed by atoms with E-state index in [2.05, 4.69) is 5.32 Å². The Hall–Kier alpha value is -2.01. The molecule has 0 saturated carbocycles. The van der Waals surface area contributed by atoms with E-state index in [9.17, 15) is 13.2 Å². The summed E-state index contributed by atoms with van der Waals surface area (Å²) in [6.45, 7) is 0.592. The van der Waals surface area contributed by atoms with Crippen LogP contribution in [0.2, 0.25) is 0 Å². The molecule has 1 aliphatic heterocycles. The normalized spacial score (nSPS) is 14.7. The molecule has 3 rings (SSSR count). The molecule has 0 amide bonds. The van der Waals surface area contributed by atoms with Crippen LogP contribution in [0.15, 0.2) is 30.3 Å². The summed E-state index contributed by atoms with van der Waals surface area (Å²) in [5, 5.41) is 3.00. The largest absolute Gasteiger partial charge is 0.493 e. The van der Waals surface area contributed by atoms with E-state index in [-0.39, 0.29) is 0 Å². The molecule has 0 saturated heterocycles. The molecule has 1 aliphatic rings. The van der Waals surface area contributed by atoms with Crippen molar-refractivity contribution in [2.75, 3.05) is 13.7 Å². The van der Waals surface area contributed by atoms with Gasteiger partial charge in [-0.1, -0.05) is 18.2 Å². The summed E-state index contributed by atoms with van der Waals surface area (Å²) in [5.41, 5.74) is 2.17. The number of rotatable bonds is 3. The molecule has 1 N–H and O–H groups in total. The van der Waals surface area contributed by atoms with Crippen LogP contribution < -0.4 is 10.1 Å². The van der Waals surface area contributed by atoms with Crippen molar-refractivity contribution in [2.24, 2.45) is 0 Å². The van der Waals surface area contributed by atoms with E-state index in [0.717, 1.165) is 35.4 Å². The summed E-state index contributed by atoms with van der Waals surface area (Å²) in [6, 6.07) is 7.22. The van der Waals surface area contributed by atoms with Crippen LogP contribution >= 0.6 is 0 Å². The van der Waals surface area contributed by atoms with Crippen LogP contribution in [0.3, 0.4) is 0 Å². The van der Waals surface area contributed by atoms with Gasteiger partial charge in [0.05, 0.1) is 12.6 Å². The molecule has 0 aliphatic carbocycles. The molecular formula is C16H14F3NO. The molecule has 1 unspecified atom stereocenters. The molecule has 2 aromatic rings. The van der Waals surface area contributed by atoms with Crippen molar-refractivity contribution in [3.05, 3.63) is 64.5 Å². The van der Waals surface area contributed by atoms with Gasteiger partial charge < -0.3 is 10.1 Å². The lowest BCUT2D eigenvalue weighted by atomic mass is 9.95. The topological polar surface area (TPSA) is 21.3 Å². The highest BCUT2D eigenvalue weighted by Crippen LogP contribution is 2.36. The van der Waals surface area contributed by atoms with Gasteiger partial charge in [-0.2, -0.15) is 0 Å². The van der Waals surface area contributed by atoms with Gasteiger partial charge in [0, 0.05) is 12.0 Å². The first kappa shape index (κ1) is 13.9. The van der Waals surface area contributed by atoms with E-state index in [1.165, 1.54) is 0 Å². The van der Waals surface area contributed by atoms with Gasteiger partial charge in [-0.05, 0) is 30.3 Å². The minimum absolute atomic E-state index is 0.317. The lowest BCUT2D eigenvalue weighted by Crippen LogP contribution is -2.19. The second-order valence-electron chi connectivity index (χ2n) is 4.95. The first-order valence-corrected chi connectivity index (χ1v) is 6.68. The number of hydrogen-bond donors (Lipinski definition) is 1. The molecule has 5 heteroatoms. The number of halogens is 3. The third-order valence-electron chi connectivity index (χ3n) is 3.68. The van der Waals surface area contributed by atoms with Crippen molar-refractivity contribution >= 4 is 0 Å². The molecule has 0 fully saturated rings. The highest BCUT2D eigenvalue weighted by molar-refractivity contribution is 5.48. The zero-order valence-electron chi connectivity index (χ0n) is 11.4. The number of hydrogen-bond acceptors (Lipinski definition) is 2. The molecule has 0 bridgehead atoms. The van der Waals surface area contributed by atoms with Crippen LogP contribution in [0.25, 0.3) is 0 Å². The lowest BCUT2D eigenvalue weighted by Gasteiger charge is -2.20. The number of benzene rings is 2. The maximum Gasteiger partial charge on any atom is 0.194 e. The molecule has 0 radical (unpaired) electrons. The summed E-state index contributed by atoms with van der Waals surface area (Å²) in [4.78, 5) is 0. The summed E-state index contributed by atoms with van der Waals surface area (Å²) < 4.78 is 45.6. The van der Waals surface area contributed by atoms with Gasteiger partial charge in [0.2, 0.25) is 0 Å². The van der Waals surface area contributed by atoms with E-state index in [1.807, 2.05) is 18.2 Å². The van der Waals surface area contributed by atoms with Crippen LogP contribution in [0, 0.1) is 17.5 Å². The number of nitrogens with one attached hydrogen (secondary N) is 1. The van der Waals surface area contributed by atoms with Crippen molar-refractivity contribution in [1.82, 2.24) is 5.32 Å². The van der Waals surface area contributed by atoms with Gasteiger partial charge in [0.1, 0.15) is 5.75 Å². The zero-order valence-corrected chi connectivity index (χ0v) is 11.4. The van der Waals surface area contributed by atoms with Gasteiger partial charge in [0.15, 0.2) is 17.5 Å². The van der Waals surface area contributed by atoms with Gasteiger partial charge in [-0.3, -0.25) is 0 Å². The maximum absolute atomic E-state index is 13.5. The minimum atomic E-state index is -1.46. The smallest absolute Gasteiger partial charge is 0.194 e. The van der Waals surface area contributed by atoms with E-state index in [0.29, 0.717) is 12.2 Å². The molecule has 1 heterocycles. The molecule has 2 aromatic carbocycles. The Bertz CT molecular complexity index is 664. The monoisotopic (exact) mass is 293 g/mol. The Labute approximate surface area is 120 Å². The van der Waals surface area contributed by atoms with Crippen molar-refractivity contribution < 1.29 is 17.9 Å². The fourth-order valence-corrected chi connectivity index (χ4v) is 2.71. The molecule has 110 valence electrons. The second-order valence-corrected chi connectivity index (χ2v) is 4.95. The van der Waals surface area contributed by atoms with Crippen LogP contribution in [0.1, 0.15) is 22.7 Å². The molecule has 21 heavy (non-hydrogen) atoms. The van der Waals surface area contributed by atoms with E-state index >= 15 is 0 Å². The average Bonchev–Trinajstić information content (AvgIpc) is 2.94. The summed E-state index contributed by atoms with van der Waals surface area (Å²) in [6.07, 6.45) is 0.811.